The van der Waals surface area contributed by atoms with Crippen molar-refractivity contribution in [3.63, 3.8) is 0 Å². The molecule has 1 fully saturated rings. The summed E-state index contributed by atoms with van der Waals surface area (Å²) in [6.07, 6.45) is 1.95. The maximum atomic E-state index is 12.5. The van der Waals surface area contributed by atoms with E-state index in [0.29, 0.717) is 30.5 Å². The summed E-state index contributed by atoms with van der Waals surface area (Å²) in [4.78, 5) is 34.9. The molecule has 0 aromatic carbocycles. The predicted molar refractivity (Wildman–Crippen MR) is 103 cm³/mol. The zero-order valence-corrected chi connectivity index (χ0v) is 16.2. The standard InChI is InChI=1S/C17H19N5O6S/c23-14(18-6-10-2-1-5-27-10)7-21-16(11-8-29-9-12(11)20-21)19-17(24)13-3-4-15(28-13)22(25)26/h3-4,10H,1-2,5-9H2,(H,18,23)(H,19,24)/t10-/m1/s1. The Morgan fingerprint density at radius 1 is 1.38 bits per heavy atom. The van der Waals surface area contributed by atoms with Crippen LogP contribution >= 0.6 is 11.8 Å². The molecule has 2 aromatic heterocycles. The maximum absolute atomic E-state index is 12.5. The number of amides is 2. The molecule has 0 saturated carbocycles. The van der Waals surface area contributed by atoms with E-state index in [-0.39, 0.29) is 24.3 Å². The molecule has 2 aliphatic heterocycles. The SMILES string of the molecule is O=C(Cn1nc2c(c1NC(=O)c1ccc([N+](=O)[O-])o1)CSC2)NC[C@H]1CCCO1. The fourth-order valence-corrected chi connectivity index (χ4v) is 4.30. The number of nitro groups is 1. The third-order valence-corrected chi connectivity index (χ3v) is 5.66. The Morgan fingerprint density at radius 2 is 2.24 bits per heavy atom. The first-order chi connectivity index (χ1) is 14.0. The van der Waals surface area contributed by atoms with E-state index in [1.165, 1.54) is 10.7 Å². The number of hydrogen-bond acceptors (Lipinski definition) is 8. The van der Waals surface area contributed by atoms with E-state index in [4.69, 9.17) is 9.15 Å². The molecule has 0 aliphatic carbocycles. The van der Waals surface area contributed by atoms with Crippen molar-refractivity contribution in [3.05, 3.63) is 39.3 Å². The summed E-state index contributed by atoms with van der Waals surface area (Å²) in [6, 6.07) is 2.35. The van der Waals surface area contributed by atoms with Crippen molar-refractivity contribution in [1.29, 1.82) is 0 Å². The Labute approximate surface area is 169 Å². The van der Waals surface area contributed by atoms with Crippen molar-refractivity contribution >= 4 is 35.3 Å². The first kappa shape index (κ1) is 19.5. The van der Waals surface area contributed by atoms with Crippen molar-refractivity contribution in [2.45, 2.75) is 37.0 Å². The fourth-order valence-electron chi connectivity index (χ4n) is 3.26. The predicted octanol–water partition coefficient (Wildman–Crippen LogP) is 1.68. The molecule has 29 heavy (non-hydrogen) atoms. The first-order valence-electron chi connectivity index (χ1n) is 9.11. The third-order valence-electron chi connectivity index (χ3n) is 4.69. The highest BCUT2D eigenvalue weighted by Crippen LogP contribution is 2.35. The molecule has 2 amide bonds. The normalized spacial score (nSPS) is 17.9. The highest BCUT2D eigenvalue weighted by Gasteiger charge is 2.27. The quantitative estimate of drug-likeness (QED) is 0.508. The van der Waals surface area contributed by atoms with Gasteiger partial charge in [-0.3, -0.25) is 19.7 Å². The van der Waals surface area contributed by atoms with Crippen molar-refractivity contribution < 1.29 is 23.7 Å². The Hall–Kier alpha value is -2.86. The lowest BCUT2D eigenvalue weighted by molar-refractivity contribution is -0.402. The van der Waals surface area contributed by atoms with E-state index in [1.807, 2.05) is 0 Å². The summed E-state index contributed by atoms with van der Waals surface area (Å²) in [5.41, 5.74) is 1.65. The van der Waals surface area contributed by atoms with Gasteiger partial charge in [0.05, 0.1) is 17.9 Å². The molecule has 4 rings (SSSR count). The highest BCUT2D eigenvalue weighted by molar-refractivity contribution is 7.98. The largest absolute Gasteiger partial charge is 0.433 e. The van der Waals surface area contributed by atoms with Gasteiger partial charge in [-0.25, -0.2) is 4.68 Å². The number of nitrogens with zero attached hydrogens (tertiary/aromatic N) is 3. The summed E-state index contributed by atoms with van der Waals surface area (Å²) >= 11 is 1.65. The van der Waals surface area contributed by atoms with Crippen LogP contribution in [-0.4, -0.2) is 45.8 Å². The lowest BCUT2D eigenvalue weighted by atomic mass is 10.2. The van der Waals surface area contributed by atoms with Gasteiger partial charge in [0.15, 0.2) is 5.76 Å². The van der Waals surface area contributed by atoms with Gasteiger partial charge in [0.1, 0.15) is 17.3 Å². The minimum absolute atomic E-state index is 0.0342. The molecule has 1 saturated heterocycles. The van der Waals surface area contributed by atoms with Crippen LogP contribution in [0, 0.1) is 10.1 Å². The van der Waals surface area contributed by atoms with Crippen LogP contribution in [0.3, 0.4) is 0 Å². The topological polar surface area (TPSA) is 142 Å². The molecule has 1 atom stereocenters. The van der Waals surface area contributed by atoms with Crippen LogP contribution < -0.4 is 10.6 Å². The maximum Gasteiger partial charge on any atom is 0.433 e. The number of rotatable bonds is 7. The number of carbonyl (C=O) groups is 2. The number of anilines is 1. The van der Waals surface area contributed by atoms with Crippen LogP contribution in [0.1, 0.15) is 34.7 Å². The Balaban J connectivity index is 1.46. The van der Waals surface area contributed by atoms with Gasteiger partial charge in [0.25, 0.3) is 5.91 Å². The van der Waals surface area contributed by atoms with Crippen LogP contribution in [0.2, 0.25) is 0 Å². The first-order valence-corrected chi connectivity index (χ1v) is 10.3. The minimum Gasteiger partial charge on any atom is -0.395 e. The second-order valence-corrected chi connectivity index (χ2v) is 7.70. The monoisotopic (exact) mass is 421 g/mol. The summed E-state index contributed by atoms with van der Waals surface area (Å²) in [5, 5.41) is 20.7. The van der Waals surface area contributed by atoms with Crippen molar-refractivity contribution in [1.82, 2.24) is 15.1 Å². The molecule has 2 N–H and O–H groups in total. The van der Waals surface area contributed by atoms with E-state index < -0.39 is 16.7 Å². The lowest BCUT2D eigenvalue weighted by Gasteiger charge is -2.13. The summed E-state index contributed by atoms with van der Waals surface area (Å²) in [6.45, 7) is 1.09. The molecule has 12 heteroatoms. The molecule has 154 valence electrons. The molecule has 4 heterocycles. The van der Waals surface area contributed by atoms with Crippen LogP contribution in [0.25, 0.3) is 0 Å². The van der Waals surface area contributed by atoms with E-state index in [0.717, 1.165) is 30.2 Å². The van der Waals surface area contributed by atoms with Gasteiger partial charge < -0.3 is 19.8 Å². The van der Waals surface area contributed by atoms with Crippen molar-refractivity contribution in [3.8, 4) is 0 Å². The number of hydrogen-bond donors (Lipinski definition) is 2. The Kier molecular flexibility index (Phi) is 5.53. The number of thioether (sulfide) groups is 1. The number of furan rings is 1. The molecule has 0 spiro atoms. The number of ether oxygens (including phenoxy) is 1. The van der Waals surface area contributed by atoms with E-state index in [9.17, 15) is 19.7 Å². The Morgan fingerprint density at radius 3 is 2.97 bits per heavy atom. The average Bonchev–Trinajstić information content (AvgIpc) is 3.46. The van der Waals surface area contributed by atoms with Gasteiger partial charge in [-0.05, 0) is 18.9 Å². The number of fused-ring (bicyclic) bond motifs is 1. The van der Waals surface area contributed by atoms with Gasteiger partial charge >= 0.3 is 5.88 Å². The fraction of sp³-hybridized carbons (Fsp3) is 0.471. The lowest BCUT2D eigenvalue weighted by Crippen LogP contribution is -2.34. The van der Waals surface area contributed by atoms with E-state index >= 15 is 0 Å². The van der Waals surface area contributed by atoms with Gasteiger partial charge in [-0.2, -0.15) is 16.9 Å². The smallest absolute Gasteiger partial charge is 0.395 e. The van der Waals surface area contributed by atoms with E-state index in [1.54, 1.807) is 11.8 Å². The number of nitrogens with one attached hydrogen (secondary N) is 2. The number of carbonyl (C=O) groups excluding carboxylic acids is 2. The van der Waals surface area contributed by atoms with Crippen LogP contribution in [0.5, 0.6) is 0 Å². The van der Waals surface area contributed by atoms with Gasteiger partial charge in [0.2, 0.25) is 5.91 Å². The van der Waals surface area contributed by atoms with Gasteiger partial charge in [-0.1, -0.05) is 0 Å². The van der Waals surface area contributed by atoms with Crippen molar-refractivity contribution in [2.75, 3.05) is 18.5 Å². The zero-order chi connectivity index (χ0) is 20.4. The number of aromatic nitrogens is 2. The van der Waals surface area contributed by atoms with Gasteiger partial charge in [-0.15, -0.1) is 0 Å². The average molecular weight is 421 g/mol. The third kappa shape index (κ3) is 4.27. The molecular weight excluding hydrogens is 402 g/mol. The molecule has 2 aliphatic rings. The zero-order valence-electron chi connectivity index (χ0n) is 15.4. The molecule has 11 nitrogen and oxygen atoms in total. The summed E-state index contributed by atoms with van der Waals surface area (Å²) < 4.78 is 11.9. The summed E-state index contributed by atoms with van der Waals surface area (Å²) in [5.74, 6) is 0.165. The molecule has 2 aromatic rings. The highest BCUT2D eigenvalue weighted by atomic mass is 32.2. The van der Waals surface area contributed by atoms with Crippen molar-refractivity contribution in [2.24, 2.45) is 0 Å². The van der Waals surface area contributed by atoms with Crippen LogP contribution in [-0.2, 0) is 27.6 Å². The van der Waals surface area contributed by atoms with Crippen LogP contribution in [0.4, 0.5) is 11.7 Å². The van der Waals surface area contributed by atoms with Crippen LogP contribution in [0.15, 0.2) is 16.5 Å². The van der Waals surface area contributed by atoms with Gasteiger partial charge in [0, 0.05) is 30.2 Å². The molecule has 0 unspecified atom stereocenters. The molecule has 0 bridgehead atoms. The Bertz CT molecular complexity index is 948. The second-order valence-electron chi connectivity index (χ2n) is 6.71. The minimum atomic E-state index is -0.715. The second kappa shape index (κ2) is 8.25. The summed E-state index contributed by atoms with van der Waals surface area (Å²) in [7, 11) is 0. The van der Waals surface area contributed by atoms with E-state index in [2.05, 4.69) is 15.7 Å². The molecule has 0 radical (unpaired) electrons. The molecular formula is C17H19N5O6S.